The topological polar surface area (TPSA) is 40.5 Å². The summed E-state index contributed by atoms with van der Waals surface area (Å²) in [6, 6.07) is 12.2. The average molecular weight is 376 g/mol. The number of hydrogen-bond donors (Lipinski definition) is 1. The minimum Gasteiger partial charge on any atom is -0.481 e. The third-order valence-corrected chi connectivity index (χ3v) is 5.97. The van der Waals surface area contributed by atoms with Gasteiger partial charge >= 0.3 is 5.97 Å². The van der Waals surface area contributed by atoms with Crippen LogP contribution in [-0.4, -0.2) is 35.6 Å². The van der Waals surface area contributed by atoms with Crippen LogP contribution >= 0.6 is 22.9 Å². The van der Waals surface area contributed by atoms with Crippen LogP contribution in [0.5, 0.6) is 0 Å². The van der Waals surface area contributed by atoms with Gasteiger partial charge in [0.1, 0.15) is 0 Å². The van der Waals surface area contributed by atoms with E-state index in [9.17, 15) is 9.90 Å². The second-order valence-corrected chi connectivity index (χ2v) is 7.67. The summed E-state index contributed by atoms with van der Waals surface area (Å²) in [6.45, 7) is 2.52. The van der Waals surface area contributed by atoms with E-state index in [1.165, 1.54) is 0 Å². The van der Waals surface area contributed by atoms with Crippen LogP contribution in [0.15, 0.2) is 47.9 Å². The fourth-order valence-electron chi connectivity index (χ4n) is 3.30. The van der Waals surface area contributed by atoms with Crippen molar-refractivity contribution in [3.05, 3.63) is 63.3 Å². The maximum Gasteiger partial charge on any atom is 0.307 e. The summed E-state index contributed by atoms with van der Waals surface area (Å²) in [5.41, 5.74) is 2.32. The lowest BCUT2D eigenvalue weighted by molar-refractivity contribution is -0.143. The Morgan fingerprint density at radius 3 is 2.80 bits per heavy atom. The first kappa shape index (κ1) is 18.2. The molecule has 1 aromatic carbocycles. The SMILES string of the molecule is O=C(O)C1CCCN(CC/C=C(\c2ccccc2)c2sccc2Cl)C1. The minimum absolute atomic E-state index is 0.224. The standard InChI is InChI=1S/C20H22ClNO2S/c21-18-10-13-25-19(18)17(15-6-2-1-3-7-15)9-5-12-22-11-4-8-16(14-22)20(23)24/h1-3,6-7,9-10,13,16H,4-5,8,11-12,14H2,(H,23,24)/b17-9+. The zero-order valence-corrected chi connectivity index (χ0v) is 15.6. The summed E-state index contributed by atoms with van der Waals surface area (Å²) in [5.74, 6) is -0.895. The molecule has 1 aliphatic rings. The van der Waals surface area contributed by atoms with Crippen LogP contribution in [-0.2, 0) is 4.79 Å². The molecule has 1 aliphatic heterocycles. The van der Waals surface area contributed by atoms with Crippen LogP contribution in [0.25, 0.3) is 5.57 Å². The van der Waals surface area contributed by atoms with Gasteiger partial charge in [0.2, 0.25) is 0 Å². The highest BCUT2D eigenvalue weighted by atomic mass is 35.5. The van der Waals surface area contributed by atoms with Gasteiger partial charge < -0.3 is 10.0 Å². The van der Waals surface area contributed by atoms with Crippen molar-refractivity contribution in [3.63, 3.8) is 0 Å². The van der Waals surface area contributed by atoms with Crippen LogP contribution < -0.4 is 0 Å². The maximum absolute atomic E-state index is 11.2. The number of rotatable bonds is 6. The molecule has 0 saturated carbocycles. The third-order valence-electron chi connectivity index (χ3n) is 4.60. The first-order chi connectivity index (χ1) is 12.1. The van der Waals surface area contributed by atoms with Crippen LogP contribution in [0.4, 0.5) is 0 Å². The number of likely N-dealkylation sites (tertiary alicyclic amines) is 1. The number of carboxylic acids is 1. The van der Waals surface area contributed by atoms with Gasteiger partial charge in [-0.15, -0.1) is 11.3 Å². The summed E-state index contributed by atoms with van der Waals surface area (Å²) in [6.07, 6.45) is 4.87. The molecule has 1 fully saturated rings. The Labute approximate surface area is 157 Å². The highest BCUT2D eigenvalue weighted by molar-refractivity contribution is 7.11. The maximum atomic E-state index is 11.2. The van der Waals surface area contributed by atoms with E-state index in [-0.39, 0.29) is 5.92 Å². The number of halogens is 1. The lowest BCUT2D eigenvalue weighted by Crippen LogP contribution is -2.39. The smallest absolute Gasteiger partial charge is 0.307 e. The molecule has 0 aliphatic carbocycles. The third kappa shape index (κ3) is 4.72. The van der Waals surface area contributed by atoms with E-state index in [1.807, 2.05) is 29.6 Å². The summed E-state index contributed by atoms with van der Waals surface area (Å²) < 4.78 is 0. The molecule has 1 aromatic heterocycles. The van der Waals surface area contributed by atoms with Crippen molar-refractivity contribution in [2.45, 2.75) is 19.3 Å². The molecule has 0 spiro atoms. The van der Waals surface area contributed by atoms with E-state index in [0.717, 1.165) is 53.4 Å². The van der Waals surface area contributed by atoms with Crippen LogP contribution in [0.2, 0.25) is 5.02 Å². The predicted octanol–water partition coefficient (Wildman–Crippen LogP) is 5.02. The van der Waals surface area contributed by atoms with Gasteiger partial charge in [0.05, 0.1) is 15.8 Å². The summed E-state index contributed by atoms with van der Waals surface area (Å²) >= 11 is 8.01. The van der Waals surface area contributed by atoms with E-state index < -0.39 is 5.97 Å². The molecule has 0 radical (unpaired) electrons. The Morgan fingerprint density at radius 1 is 1.32 bits per heavy atom. The molecule has 1 saturated heterocycles. The van der Waals surface area contributed by atoms with Crippen molar-refractivity contribution in [2.24, 2.45) is 5.92 Å². The molecule has 25 heavy (non-hydrogen) atoms. The van der Waals surface area contributed by atoms with Crippen LogP contribution in [0, 0.1) is 5.92 Å². The van der Waals surface area contributed by atoms with Crippen molar-refractivity contribution in [3.8, 4) is 0 Å². The largest absolute Gasteiger partial charge is 0.481 e. The van der Waals surface area contributed by atoms with E-state index in [4.69, 9.17) is 11.6 Å². The lowest BCUT2D eigenvalue weighted by Gasteiger charge is -2.30. The molecule has 1 atom stereocenters. The average Bonchev–Trinajstić information content (AvgIpc) is 3.05. The molecular formula is C20H22ClNO2S. The molecular weight excluding hydrogens is 354 g/mol. The van der Waals surface area contributed by atoms with Crippen LogP contribution in [0.1, 0.15) is 29.7 Å². The number of aliphatic carboxylic acids is 1. The van der Waals surface area contributed by atoms with Crippen LogP contribution in [0.3, 0.4) is 0 Å². The zero-order valence-electron chi connectivity index (χ0n) is 14.0. The fourth-order valence-corrected chi connectivity index (χ4v) is 4.52. The first-order valence-corrected chi connectivity index (χ1v) is 9.85. The normalized spacial score (nSPS) is 19.1. The molecule has 1 unspecified atom stereocenters. The monoisotopic (exact) mass is 375 g/mol. The van der Waals surface area contributed by atoms with Crippen molar-refractivity contribution in [1.82, 2.24) is 4.90 Å². The van der Waals surface area contributed by atoms with Crippen molar-refractivity contribution >= 4 is 34.5 Å². The van der Waals surface area contributed by atoms with Gasteiger partial charge in [-0.25, -0.2) is 0 Å². The number of piperidine rings is 1. The van der Waals surface area contributed by atoms with Gasteiger partial charge in [0, 0.05) is 13.1 Å². The number of carbonyl (C=O) groups is 1. The molecule has 5 heteroatoms. The lowest BCUT2D eigenvalue weighted by atomic mass is 9.98. The second kappa shape index (κ2) is 8.65. The van der Waals surface area contributed by atoms with Gasteiger partial charge in [-0.1, -0.05) is 48.0 Å². The number of benzene rings is 1. The molecule has 3 rings (SSSR count). The quantitative estimate of drug-likeness (QED) is 0.770. The predicted molar refractivity (Wildman–Crippen MR) is 104 cm³/mol. The van der Waals surface area contributed by atoms with Gasteiger partial charge in [0.25, 0.3) is 0 Å². The summed E-state index contributed by atoms with van der Waals surface area (Å²) in [7, 11) is 0. The van der Waals surface area contributed by atoms with Gasteiger partial charge in [0.15, 0.2) is 0 Å². The highest BCUT2D eigenvalue weighted by Crippen LogP contribution is 2.34. The first-order valence-electron chi connectivity index (χ1n) is 8.59. The van der Waals surface area contributed by atoms with Gasteiger partial charge in [-0.2, -0.15) is 0 Å². The number of carboxylic acid groups (broad SMARTS) is 1. The zero-order chi connectivity index (χ0) is 17.6. The number of nitrogens with zero attached hydrogens (tertiary/aromatic N) is 1. The van der Waals surface area contributed by atoms with Crippen molar-refractivity contribution in [1.29, 1.82) is 0 Å². The van der Waals surface area contributed by atoms with Crippen molar-refractivity contribution in [2.75, 3.05) is 19.6 Å². The minimum atomic E-state index is -0.671. The van der Waals surface area contributed by atoms with E-state index in [2.05, 4.69) is 23.1 Å². The number of thiophene rings is 1. The van der Waals surface area contributed by atoms with Gasteiger partial charge in [-0.05, 0) is 48.4 Å². The van der Waals surface area contributed by atoms with E-state index >= 15 is 0 Å². The Kier molecular flexibility index (Phi) is 6.29. The molecule has 2 aromatic rings. The highest BCUT2D eigenvalue weighted by Gasteiger charge is 2.24. The molecule has 1 N–H and O–H groups in total. The van der Waals surface area contributed by atoms with E-state index in [0.29, 0.717) is 6.54 Å². The molecule has 0 bridgehead atoms. The second-order valence-electron chi connectivity index (χ2n) is 6.35. The summed E-state index contributed by atoms with van der Waals surface area (Å²) in [5, 5.41) is 12.0. The van der Waals surface area contributed by atoms with E-state index in [1.54, 1.807) is 11.3 Å². The Morgan fingerprint density at radius 2 is 2.12 bits per heavy atom. The van der Waals surface area contributed by atoms with Gasteiger partial charge in [-0.3, -0.25) is 4.79 Å². The molecule has 132 valence electrons. The fraction of sp³-hybridized carbons (Fsp3) is 0.350. The summed E-state index contributed by atoms with van der Waals surface area (Å²) in [4.78, 5) is 14.6. The Balaban J connectivity index is 1.72. The molecule has 0 amide bonds. The Bertz CT molecular complexity index is 741. The van der Waals surface area contributed by atoms with Crippen molar-refractivity contribution < 1.29 is 9.90 Å². The Hall–Kier alpha value is -1.62. The number of hydrogen-bond acceptors (Lipinski definition) is 3. The molecule has 3 nitrogen and oxygen atoms in total. The molecule has 2 heterocycles.